The number of nitrogens with one attached hydrogen (secondary N) is 1. The molecule has 0 spiro atoms. The maximum Gasteiger partial charge on any atom is 0.201 e. The average molecular weight is 499 g/mol. The number of rotatable bonds is 5. The van der Waals surface area contributed by atoms with Crippen molar-refractivity contribution in [1.29, 1.82) is 0 Å². The van der Waals surface area contributed by atoms with Gasteiger partial charge in [-0.05, 0) is 84.9 Å². The van der Waals surface area contributed by atoms with Crippen molar-refractivity contribution >= 4 is 34.5 Å². The minimum Gasteiger partial charge on any atom is -0.350 e. The Morgan fingerprint density at radius 3 is 2.31 bits per heavy atom. The van der Waals surface area contributed by atoms with Gasteiger partial charge < -0.3 is 4.98 Å². The molecule has 1 N–H and O–H groups in total. The Morgan fingerprint density at radius 1 is 0.889 bits per heavy atom. The van der Waals surface area contributed by atoms with Gasteiger partial charge in [-0.2, -0.15) is 0 Å². The summed E-state index contributed by atoms with van der Waals surface area (Å²) in [7, 11) is 0. The minimum atomic E-state index is -0.345. The number of aromatic nitrogens is 6. The van der Waals surface area contributed by atoms with Gasteiger partial charge in [0, 0.05) is 31.5 Å². The summed E-state index contributed by atoms with van der Waals surface area (Å²) < 4.78 is 29.6. The van der Waals surface area contributed by atoms with E-state index >= 15 is 0 Å². The molecule has 0 aliphatic carbocycles. The number of pyridine rings is 2. The molecule has 6 rings (SSSR count). The summed E-state index contributed by atoms with van der Waals surface area (Å²) in [4.78, 5) is 21.8. The lowest BCUT2D eigenvalue weighted by molar-refractivity contribution is 0.627. The van der Waals surface area contributed by atoms with E-state index in [1.807, 2.05) is 29.0 Å². The lowest BCUT2D eigenvalue weighted by Gasteiger charge is -2.12. The molecule has 4 aromatic heterocycles. The van der Waals surface area contributed by atoms with Crippen LogP contribution in [0.25, 0.3) is 44.8 Å². The molecule has 9 heteroatoms. The first-order chi connectivity index (χ1) is 17.5. The number of imidazole rings is 1. The van der Waals surface area contributed by atoms with Crippen LogP contribution in [0.5, 0.6) is 0 Å². The standard InChI is InChI=1S/C27H18F2N6S.H2/c28-19-7-3-17(4-8-19)23-24(18-5-9-20(29)10-6-18)33-25-21(31-23)14-22-26(34-25)35(27(36)32-22)13-11-16-2-1-12-30-15-16;/h1-10,12,14-15,31H,11,13H2;1H. The molecular formula is C27H20F2N6S. The second kappa shape index (κ2) is 9.01. The van der Waals surface area contributed by atoms with Gasteiger partial charge in [0.1, 0.15) is 17.2 Å². The third-order valence-corrected chi connectivity index (χ3v) is 6.29. The van der Waals surface area contributed by atoms with Crippen LogP contribution in [0.2, 0.25) is 0 Å². The van der Waals surface area contributed by atoms with Crippen LogP contribution in [0, 0.1) is 16.4 Å². The zero-order chi connectivity index (χ0) is 24.6. The fourth-order valence-corrected chi connectivity index (χ4v) is 4.46. The summed E-state index contributed by atoms with van der Waals surface area (Å²) in [6.45, 7) is 0.599. The quantitative estimate of drug-likeness (QED) is 0.274. The second-order valence-corrected chi connectivity index (χ2v) is 8.70. The van der Waals surface area contributed by atoms with Crippen molar-refractivity contribution in [1.82, 2.24) is 29.5 Å². The highest BCUT2D eigenvalue weighted by Gasteiger charge is 2.16. The zero-order valence-corrected chi connectivity index (χ0v) is 19.6. The van der Waals surface area contributed by atoms with Crippen LogP contribution in [0.15, 0.2) is 79.1 Å². The summed E-state index contributed by atoms with van der Waals surface area (Å²) >= 11 is 5.53. The summed E-state index contributed by atoms with van der Waals surface area (Å²) in [5.41, 5.74) is 6.15. The van der Waals surface area contributed by atoms with Gasteiger partial charge in [0.05, 0.1) is 16.9 Å². The van der Waals surface area contributed by atoms with Crippen LogP contribution in [-0.2, 0) is 13.0 Å². The van der Waals surface area contributed by atoms with Crippen molar-refractivity contribution in [2.75, 3.05) is 0 Å². The summed E-state index contributed by atoms with van der Waals surface area (Å²) in [6, 6.07) is 18.0. The van der Waals surface area contributed by atoms with Gasteiger partial charge in [-0.15, -0.1) is 0 Å². The first kappa shape index (κ1) is 22.1. The van der Waals surface area contributed by atoms with Crippen LogP contribution in [0.3, 0.4) is 0 Å². The average Bonchev–Trinajstić information content (AvgIpc) is 3.20. The molecule has 36 heavy (non-hydrogen) atoms. The maximum absolute atomic E-state index is 13.6. The zero-order valence-electron chi connectivity index (χ0n) is 18.8. The van der Waals surface area contributed by atoms with E-state index in [4.69, 9.17) is 22.2 Å². The number of nitrogens with zero attached hydrogens (tertiary/aromatic N) is 5. The molecule has 0 saturated heterocycles. The molecular weight excluding hydrogens is 478 g/mol. The van der Waals surface area contributed by atoms with E-state index in [1.165, 1.54) is 24.3 Å². The number of benzene rings is 2. The van der Waals surface area contributed by atoms with E-state index in [0.29, 0.717) is 50.6 Å². The number of aryl methyl sites for hydroxylation is 2. The smallest absolute Gasteiger partial charge is 0.201 e. The molecule has 178 valence electrons. The van der Waals surface area contributed by atoms with Gasteiger partial charge in [-0.1, -0.05) is 6.07 Å². The van der Waals surface area contributed by atoms with Crippen molar-refractivity contribution < 1.29 is 10.2 Å². The molecule has 0 fully saturated rings. The predicted octanol–water partition coefficient (Wildman–Crippen LogP) is 6.53. The van der Waals surface area contributed by atoms with Crippen molar-refractivity contribution in [3.8, 4) is 22.5 Å². The van der Waals surface area contributed by atoms with E-state index in [2.05, 4.69) is 15.0 Å². The van der Waals surface area contributed by atoms with Crippen LogP contribution in [0.4, 0.5) is 8.78 Å². The Balaban J connectivity index is 0.00000280. The summed E-state index contributed by atoms with van der Waals surface area (Å²) in [5, 5.41) is 0. The van der Waals surface area contributed by atoms with E-state index < -0.39 is 0 Å². The molecule has 2 aromatic carbocycles. The Morgan fingerprint density at radius 2 is 1.61 bits per heavy atom. The molecule has 6 aromatic rings. The third-order valence-electron chi connectivity index (χ3n) is 5.98. The Kier molecular flexibility index (Phi) is 5.54. The maximum atomic E-state index is 13.6. The van der Waals surface area contributed by atoms with Crippen LogP contribution in [-0.4, -0.2) is 29.5 Å². The van der Waals surface area contributed by atoms with Gasteiger partial charge in [0.15, 0.2) is 11.3 Å². The van der Waals surface area contributed by atoms with Gasteiger partial charge in [-0.25, -0.2) is 23.7 Å². The number of fused-ring (bicyclic) bond motifs is 2. The minimum absolute atomic E-state index is 0. The third kappa shape index (κ3) is 4.14. The summed E-state index contributed by atoms with van der Waals surface area (Å²) in [5.74, 6) is -0.684. The number of halogens is 2. The first-order valence-electron chi connectivity index (χ1n) is 11.3. The lowest BCUT2D eigenvalue weighted by Crippen LogP contribution is -2.04. The largest absolute Gasteiger partial charge is 0.350 e. The molecule has 0 amide bonds. The molecule has 0 atom stereocenters. The second-order valence-electron chi connectivity index (χ2n) is 8.33. The Bertz CT molecular complexity index is 1770. The van der Waals surface area contributed by atoms with Crippen LogP contribution in [0.1, 0.15) is 6.99 Å². The fraction of sp³-hybridized carbons (Fsp3) is 0.0741. The highest BCUT2D eigenvalue weighted by atomic mass is 32.1. The van der Waals surface area contributed by atoms with E-state index in [9.17, 15) is 8.78 Å². The van der Waals surface area contributed by atoms with Gasteiger partial charge >= 0.3 is 0 Å². The van der Waals surface area contributed by atoms with Crippen LogP contribution < -0.4 is 0 Å². The normalized spacial score (nSPS) is 11.4. The van der Waals surface area contributed by atoms with E-state index in [0.717, 1.165) is 17.5 Å². The molecule has 0 aliphatic rings. The van der Waals surface area contributed by atoms with Crippen molar-refractivity contribution in [2.45, 2.75) is 13.0 Å². The van der Waals surface area contributed by atoms with Crippen molar-refractivity contribution in [3.63, 3.8) is 0 Å². The molecule has 0 saturated carbocycles. The molecule has 0 radical (unpaired) electrons. The Hall–Kier alpha value is -4.37. The molecule has 0 bridgehead atoms. The fourth-order valence-electron chi connectivity index (χ4n) is 4.18. The summed E-state index contributed by atoms with van der Waals surface area (Å²) in [6.07, 6.45) is 4.30. The molecule has 6 nitrogen and oxygen atoms in total. The molecule has 4 heterocycles. The van der Waals surface area contributed by atoms with Crippen LogP contribution >= 0.6 is 12.2 Å². The molecule has 0 unspecified atom stereocenters. The highest BCUT2D eigenvalue weighted by Crippen LogP contribution is 2.31. The monoisotopic (exact) mass is 498 g/mol. The Labute approximate surface area is 210 Å². The molecule has 0 aliphatic heterocycles. The number of H-pyrrole nitrogens is 1. The van der Waals surface area contributed by atoms with E-state index in [1.54, 1.807) is 30.5 Å². The predicted molar refractivity (Wildman–Crippen MR) is 139 cm³/mol. The van der Waals surface area contributed by atoms with Gasteiger partial charge in [0.25, 0.3) is 0 Å². The van der Waals surface area contributed by atoms with Crippen molar-refractivity contribution in [3.05, 3.63) is 101 Å². The number of hydrogen-bond acceptors (Lipinski definition) is 5. The lowest BCUT2D eigenvalue weighted by atomic mass is 10.0. The number of aromatic amines is 1. The van der Waals surface area contributed by atoms with Gasteiger partial charge in [-0.3, -0.25) is 9.55 Å². The highest BCUT2D eigenvalue weighted by molar-refractivity contribution is 7.71. The van der Waals surface area contributed by atoms with E-state index in [-0.39, 0.29) is 13.1 Å². The van der Waals surface area contributed by atoms with Gasteiger partial charge in [0.2, 0.25) is 4.77 Å². The van der Waals surface area contributed by atoms with Crippen molar-refractivity contribution in [2.24, 2.45) is 0 Å². The topological polar surface area (TPSA) is 72.3 Å². The number of hydrogen-bond donors (Lipinski definition) is 1. The first-order valence-corrected chi connectivity index (χ1v) is 11.7. The SMILES string of the molecule is Fc1ccc(-c2nc3nc4c(cc3[nH]c2-c2ccc(F)cc2)nc(=S)n4CCc2cccnc2)cc1.[HH].